The number of rotatable bonds is 0. The van der Waals surface area contributed by atoms with Crippen LogP contribution in [0.1, 0.15) is 27.2 Å². The van der Waals surface area contributed by atoms with E-state index in [9.17, 15) is 0 Å². The number of allylic oxidation sites excluding steroid dienone is 4. The minimum atomic E-state index is -0.500. The third kappa shape index (κ3) is 126. The van der Waals surface area contributed by atoms with Crippen molar-refractivity contribution in [2.24, 2.45) is 0 Å². The van der Waals surface area contributed by atoms with Gasteiger partial charge < -0.3 is 42.2 Å². The molecule has 0 saturated heterocycles. The summed E-state index contributed by atoms with van der Waals surface area (Å²) >= 11 is 0. The van der Waals surface area contributed by atoms with Crippen LogP contribution >= 0.6 is 24.8 Å². The molecular formula is C14H32Cl2OTi-6. The predicted octanol–water partition coefficient (Wildman–Crippen LogP) is 5.18. The zero-order valence-electron chi connectivity index (χ0n) is 13.2. The van der Waals surface area contributed by atoms with E-state index in [1.807, 2.05) is 12.2 Å². The molecular weight excluding hydrogens is 303 g/mol. The predicted molar refractivity (Wildman–Crippen MR) is 90.1 cm³/mol. The molecule has 0 aromatic carbocycles. The van der Waals surface area contributed by atoms with E-state index in [0.29, 0.717) is 0 Å². The molecule has 4 heteroatoms. The van der Waals surface area contributed by atoms with Gasteiger partial charge in [-0.05, 0) is 20.8 Å². The number of hydrogen-bond donors (Lipinski definition) is 1. The van der Waals surface area contributed by atoms with Crippen LogP contribution in [0.2, 0.25) is 0 Å². The van der Waals surface area contributed by atoms with Crippen LogP contribution in [0.3, 0.4) is 0 Å². The van der Waals surface area contributed by atoms with Crippen molar-refractivity contribution in [1.29, 1.82) is 0 Å². The van der Waals surface area contributed by atoms with Gasteiger partial charge in [-0.1, -0.05) is 0 Å². The third-order valence-corrected chi connectivity index (χ3v) is 0.586. The SMILES string of the molecule is CC(C)(C)O.Cl.Cl.[C-]1=CC=CC1.[CH3-].[CH3-].[CH3-].[CH3-].[CH3-].[Ti]. The minimum absolute atomic E-state index is 0. The molecule has 18 heavy (non-hydrogen) atoms. The van der Waals surface area contributed by atoms with Crippen molar-refractivity contribution < 1.29 is 26.8 Å². The van der Waals surface area contributed by atoms with Gasteiger partial charge in [-0.15, -0.1) is 31.2 Å². The number of halogens is 2. The van der Waals surface area contributed by atoms with Gasteiger partial charge in [0.15, 0.2) is 0 Å². The van der Waals surface area contributed by atoms with Crippen LogP contribution < -0.4 is 0 Å². The second kappa shape index (κ2) is 36.1. The van der Waals surface area contributed by atoms with Crippen LogP contribution in [-0.4, -0.2) is 10.7 Å². The van der Waals surface area contributed by atoms with Gasteiger partial charge in [-0.3, -0.25) is 6.08 Å². The molecule has 1 aliphatic carbocycles. The molecule has 0 fully saturated rings. The van der Waals surface area contributed by atoms with Crippen LogP contribution in [0.5, 0.6) is 0 Å². The van der Waals surface area contributed by atoms with Crippen LogP contribution in [0.4, 0.5) is 0 Å². The quantitative estimate of drug-likeness (QED) is 0.478. The van der Waals surface area contributed by atoms with Gasteiger partial charge in [-0.25, -0.2) is 12.2 Å². The summed E-state index contributed by atoms with van der Waals surface area (Å²) in [5, 5.41) is 8.52. The van der Waals surface area contributed by atoms with Gasteiger partial charge in [0.05, 0.1) is 5.60 Å². The van der Waals surface area contributed by atoms with E-state index >= 15 is 0 Å². The molecule has 1 aliphatic rings. The molecule has 0 saturated carbocycles. The monoisotopic (exact) mass is 334 g/mol. The summed E-state index contributed by atoms with van der Waals surface area (Å²) in [7, 11) is 0. The first-order valence-electron chi connectivity index (χ1n) is 3.44. The zero-order chi connectivity index (χ0) is 8.04. The van der Waals surface area contributed by atoms with Gasteiger partial charge in [0.1, 0.15) is 0 Å². The Labute approximate surface area is 145 Å². The summed E-state index contributed by atoms with van der Waals surface area (Å²) in [4.78, 5) is 0. The zero-order valence-corrected chi connectivity index (χ0v) is 16.4. The molecule has 0 bridgehead atoms. The van der Waals surface area contributed by atoms with Crippen molar-refractivity contribution in [2.75, 3.05) is 0 Å². The average molecular weight is 335 g/mol. The molecule has 0 amide bonds. The fourth-order valence-corrected chi connectivity index (χ4v) is 0.340. The summed E-state index contributed by atoms with van der Waals surface area (Å²) in [5.41, 5.74) is -0.500. The maximum Gasteiger partial charge on any atom is 0.0563 e. The third-order valence-electron chi connectivity index (χ3n) is 0.586. The van der Waals surface area contributed by atoms with Crippen molar-refractivity contribution in [1.82, 2.24) is 0 Å². The van der Waals surface area contributed by atoms with Crippen molar-refractivity contribution in [3.05, 3.63) is 61.4 Å². The fourth-order valence-electron chi connectivity index (χ4n) is 0.340. The Morgan fingerprint density at radius 2 is 1.22 bits per heavy atom. The van der Waals surface area contributed by atoms with Crippen molar-refractivity contribution in [3.8, 4) is 0 Å². The Kier molecular flexibility index (Phi) is 125. The molecule has 0 spiro atoms. The van der Waals surface area contributed by atoms with E-state index in [2.05, 4.69) is 12.2 Å². The molecule has 0 aromatic heterocycles. The fraction of sp³-hybridized carbons (Fsp3) is 0.357. The Balaban J connectivity index is -0.00000000890. The summed E-state index contributed by atoms with van der Waals surface area (Å²) in [6.45, 7) is 5.23. The van der Waals surface area contributed by atoms with Crippen molar-refractivity contribution in [2.45, 2.75) is 32.8 Å². The van der Waals surface area contributed by atoms with Crippen molar-refractivity contribution in [3.63, 3.8) is 0 Å². The molecule has 0 atom stereocenters. The molecule has 1 N–H and O–H groups in total. The van der Waals surface area contributed by atoms with Gasteiger partial charge >= 0.3 is 0 Å². The summed E-state index contributed by atoms with van der Waals surface area (Å²) in [5.74, 6) is 0. The van der Waals surface area contributed by atoms with Gasteiger partial charge in [0, 0.05) is 21.7 Å². The van der Waals surface area contributed by atoms with E-state index < -0.39 is 5.60 Å². The standard InChI is InChI=1S/C5H5.C4H10O.5CH3.2ClH.Ti/c1-2-4-5-3-1;1-4(2,3)5;;;;;;;;/h1-3H,4H2;5H,1-3H3;5*1H3;2*1H;/q-1;;5*-1;;;. The maximum atomic E-state index is 8.52. The van der Waals surface area contributed by atoms with Gasteiger partial charge in [0.25, 0.3) is 0 Å². The smallest absolute Gasteiger partial charge is 0.0563 e. The minimum Gasteiger partial charge on any atom is -0.391 e. The van der Waals surface area contributed by atoms with E-state index in [-0.39, 0.29) is 83.7 Å². The number of aliphatic hydroxyl groups is 1. The second-order valence-corrected chi connectivity index (χ2v) is 3.17. The van der Waals surface area contributed by atoms with E-state index in [1.54, 1.807) is 20.8 Å². The second-order valence-electron chi connectivity index (χ2n) is 3.17. The van der Waals surface area contributed by atoms with Crippen LogP contribution in [0, 0.1) is 43.2 Å². The van der Waals surface area contributed by atoms with E-state index in [0.717, 1.165) is 6.42 Å². The Morgan fingerprint density at radius 1 is 0.944 bits per heavy atom. The first kappa shape index (κ1) is 62.2. The number of hydrogen-bond acceptors (Lipinski definition) is 1. The molecule has 0 unspecified atom stereocenters. The van der Waals surface area contributed by atoms with Crippen LogP contribution in [-0.2, 0) is 21.7 Å². The van der Waals surface area contributed by atoms with Crippen LogP contribution in [0.25, 0.3) is 0 Å². The molecule has 0 aliphatic heterocycles. The maximum absolute atomic E-state index is 8.52. The Bertz CT molecular complexity index is 125. The molecule has 0 aromatic rings. The van der Waals surface area contributed by atoms with Gasteiger partial charge in [-0.2, -0.15) is 6.08 Å². The Hall–Kier alpha value is 0.734. The summed E-state index contributed by atoms with van der Waals surface area (Å²) in [6.07, 6.45) is 10.0. The topological polar surface area (TPSA) is 20.2 Å². The molecule has 0 radical (unpaired) electrons. The van der Waals surface area contributed by atoms with Crippen LogP contribution in [0.15, 0.2) is 18.2 Å². The van der Waals surface area contributed by atoms with Gasteiger partial charge in [0.2, 0.25) is 0 Å². The molecule has 118 valence electrons. The van der Waals surface area contributed by atoms with Crippen molar-refractivity contribution >= 4 is 24.8 Å². The molecule has 1 rings (SSSR count). The largest absolute Gasteiger partial charge is 0.391 e. The Morgan fingerprint density at radius 3 is 1.28 bits per heavy atom. The normalized spacial score (nSPS) is 8.22. The first-order chi connectivity index (χ1) is 4.50. The van der Waals surface area contributed by atoms with E-state index in [4.69, 9.17) is 5.11 Å². The average Bonchev–Trinajstić information content (AvgIpc) is 2.07. The summed E-state index contributed by atoms with van der Waals surface area (Å²) in [6, 6.07) is 0. The molecule has 0 heterocycles. The first-order valence-corrected chi connectivity index (χ1v) is 3.44. The summed E-state index contributed by atoms with van der Waals surface area (Å²) < 4.78 is 0. The molecule has 1 nitrogen and oxygen atoms in total. The van der Waals surface area contributed by atoms with E-state index in [1.165, 1.54) is 0 Å².